The van der Waals surface area contributed by atoms with Crippen molar-refractivity contribution in [3.63, 3.8) is 0 Å². The van der Waals surface area contributed by atoms with E-state index in [9.17, 15) is 9.59 Å². The van der Waals surface area contributed by atoms with Crippen LogP contribution in [-0.4, -0.2) is 45.5 Å². The molecule has 7 nitrogen and oxygen atoms in total. The molecule has 0 radical (unpaired) electrons. The number of primary amides is 1. The molecule has 3 amide bonds. The Bertz CT molecular complexity index is 775. The number of quaternary nitrogens is 1. The summed E-state index contributed by atoms with van der Waals surface area (Å²) in [4.78, 5) is 32.9. The van der Waals surface area contributed by atoms with Crippen LogP contribution in [0.25, 0.3) is 0 Å². The van der Waals surface area contributed by atoms with E-state index in [1.807, 2.05) is 30.3 Å². The summed E-state index contributed by atoms with van der Waals surface area (Å²) in [5.41, 5.74) is 7.64. The van der Waals surface area contributed by atoms with Crippen molar-refractivity contribution in [2.24, 2.45) is 11.7 Å². The molecular weight excluding hydrogens is 342 g/mol. The van der Waals surface area contributed by atoms with Crippen molar-refractivity contribution in [1.29, 1.82) is 0 Å². The number of aromatic amines is 1. The molecule has 4 N–H and O–H groups in total. The van der Waals surface area contributed by atoms with E-state index in [0.29, 0.717) is 25.4 Å². The maximum absolute atomic E-state index is 13.2. The van der Waals surface area contributed by atoms with Crippen molar-refractivity contribution in [3.8, 4) is 0 Å². The highest BCUT2D eigenvalue weighted by molar-refractivity contribution is 5.82. The van der Waals surface area contributed by atoms with Crippen LogP contribution in [-0.2, 0) is 11.2 Å². The van der Waals surface area contributed by atoms with Crippen LogP contribution in [0.5, 0.6) is 0 Å². The third-order valence-corrected chi connectivity index (χ3v) is 5.41. The number of nitrogens with two attached hydrogens (primary N) is 1. The zero-order chi connectivity index (χ0) is 19.4. The van der Waals surface area contributed by atoms with Gasteiger partial charge in [-0.05, 0) is 5.92 Å². The van der Waals surface area contributed by atoms with Crippen LogP contribution >= 0.6 is 0 Å². The van der Waals surface area contributed by atoms with Gasteiger partial charge < -0.3 is 10.7 Å². The van der Waals surface area contributed by atoms with Gasteiger partial charge in [0.15, 0.2) is 6.04 Å². The molecule has 2 heterocycles. The molecule has 1 aliphatic heterocycles. The number of amides is 3. The van der Waals surface area contributed by atoms with Gasteiger partial charge in [-0.3, -0.25) is 10.1 Å². The molecule has 144 valence electrons. The number of aromatic nitrogens is 2. The van der Waals surface area contributed by atoms with Crippen LogP contribution in [0.3, 0.4) is 0 Å². The molecule has 1 unspecified atom stereocenters. The summed E-state index contributed by atoms with van der Waals surface area (Å²) >= 11 is 0. The van der Waals surface area contributed by atoms with Gasteiger partial charge in [0, 0.05) is 18.2 Å². The highest BCUT2D eigenvalue weighted by Crippen LogP contribution is 2.39. The van der Waals surface area contributed by atoms with Gasteiger partial charge in [-0.25, -0.2) is 14.3 Å². The smallest absolute Gasteiger partial charge is 0.364 e. The SMILES string of the molecule is CC(C)C[C@@H](c1ccccc1)[N+]1([C@@H](Cc2c[nH]cn2)C(N)=O)CCNC1=O. The van der Waals surface area contributed by atoms with Crippen molar-refractivity contribution in [2.45, 2.75) is 38.8 Å². The first-order valence-corrected chi connectivity index (χ1v) is 9.43. The normalized spacial score (nSPS) is 21.8. The second-order valence-electron chi connectivity index (χ2n) is 7.62. The molecule has 0 spiro atoms. The topological polar surface area (TPSA) is 101 Å². The summed E-state index contributed by atoms with van der Waals surface area (Å²) in [6.45, 7) is 5.33. The van der Waals surface area contributed by atoms with E-state index in [0.717, 1.165) is 17.7 Å². The van der Waals surface area contributed by atoms with Crippen molar-refractivity contribution < 1.29 is 14.1 Å². The first-order chi connectivity index (χ1) is 12.9. The molecule has 7 heteroatoms. The van der Waals surface area contributed by atoms with Gasteiger partial charge in [-0.15, -0.1) is 0 Å². The molecule has 1 aliphatic rings. The van der Waals surface area contributed by atoms with Gasteiger partial charge in [0.25, 0.3) is 5.91 Å². The third kappa shape index (κ3) is 3.73. The van der Waals surface area contributed by atoms with Crippen molar-refractivity contribution in [1.82, 2.24) is 15.3 Å². The molecule has 1 aromatic heterocycles. The van der Waals surface area contributed by atoms with E-state index in [1.54, 1.807) is 12.5 Å². The number of imidazole rings is 1. The molecule has 1 saturated heterocycles. The monoisotopic (exact) mass is 370 g/mol. The minimum absolute atomic E-state index is 0.00435. The van der Waals surface area contributed by atoms with Crippen LogP contribution in [0.2, 0.25) is 0 Å². The van der Waals surface area contributed by atoms with Gasteiger partial charge in [0.2, 0.25) is 0 Å². The summed E-state index contributed by atoms with van der Waals surface area (Å²) in [7, 11) is 0. The van der Waals surface area contributed by atoms with Gasteiger partial charge in [0.1, 0.15) is 12.6 Å². The number of nitrogens with one attached hydrogen (secondary N) is 2. The van der Waals surface area contributed by atoms with Crippen molar-refractivity contribution in [3.05, 3.63) is 54.1 Å². The summed E-state index contributed by atoms with van der Waals surface area (Å²) < 4.78 is 0.00435. The molecule has 0 aliphatic carbocycles. The fraction of sp³-hybridized carbons (Fsp3) is 0.450. The van der Waals surface area contributed by atoms with Crippen molar-refractivity contribution in [2.75, 3.05) is 13.1 Å². The van der Waals surface area contributed by atoms with Crippen molar-refractivity contribution >= 4 is 11.9 Å². The number of rotatable bonds is 8. The number of carbonyl (C=O) groups excluding carboxylic acids is 2. The number of benzene rings is 1. The molecule has 3 rings (SSSR count). The lowest BCUT2D eigenvalue weighted by atomic mass is 9.90. The van der Waals surface area contributed by atoms with Crippen LogP contribution in [0.15, 0.2) is 42.9 Å². The van der Waals surface area contributed by atoms with E-state index in [-0.39, 0.29) is 16.6 Å². The molecule has 1 fully saturated rings. The van der Waals surface area contributed by atoms with E-state index in [4.69, 9.17) is 5.73 Å². The summed E-state index contributed by atoms with van der Waals surface area (Å²) in [5.74, 6) is -0.114. The first-order valence-electron chi connectivity index (χ1n) is 9.43. The summed E-state index contributed by atoms with van der Waals surface area (Å²) in [5, 5.41) is 2.95. The number of urea groups is 1. The lowest BCUT2D eigenvalue weighted by molar-refractivity contribution is -0.889. The fourth-order valence-corrected chi connectivity index (χ4v) is 4.21. The first kappa shape index (κ1) is 19.1. The predicted molar refractivity (Wildman–Crippen MR) is 102 cm³/mol. The molecule has 27 heavy (non-hydrogen) atoms. The second-order valence-corrected chi connectivity index (χ2v) is 7.62. The highest BCUT2D eigenvalue weighted by Gasteiger charge is 2.56. The van der Waals surface area contributed by atoms with Gasteiger partial charge in [-0.1, -0.05) is 44.2 Å². The average Bonchev–Trinajstić information content (AvgIpc) is 3.28. The molecule has 3 atom stereocenters. The quantitative estimate of drug-likeness (QED) is 0.621. The van der Waals surface area contributed by atoms with Crippen LogP contribution in [0.4, 0.5) is 4.79 Å². The Balaban J connectivity index is 2.11. The number of H-pyrrole nitrogens is 1. The lowest BCUT2D eigenvalue weighted by Crippen LogP contribution is -2.64. The molecule has 2 aromatic rings. The largest absolute Gasteiger partial charge is 0.417 e. The Labute approximate surface area is 159 Å². The number of hydrogen-bond acceptors (Lipinski definition) is 3. The zero-order valence-corrected chi connectivity index (χ0v) is 15.9. The molecular formula is C20H28N5O2+. The predicted octanol–water partition coefficient (Wildman–Crippen LogP) is 2.13. The molecule has 1 aromatic carbocycles. The van der Waals surface area contributed by atoms with Crippen LogP contribution in [0.1, 0.15) is 37.6 Å². The minimum Gasteiger partial charge on any atom is -0.364 e. The van der Waals surface area contributed by atoms with E-state index in [2.05, 4.69) is 29.1 Å². The standard InChI is InChI=1S/C20H27N5O2/c1-14(2)10-17(15-6-4-3-5-7-15)25(9-8-23-20(25)27)18(19(21)26)11-16-12-22-13-24-16/h3-7,12-14,17-18H,8-11H2,1-2H3,(H3-,21,22,23,24,26,27)/p+1/t17-,18-,25?/m0/s1. The van der Waals surface area contributed by atoms with Gasteiger partial charge in [-0.2, -0.15) is 0 Å². The summed E-state index contributed by atoms with van der Waals surface area (Å²) in [6, 6.07) is 9.00. The zero-order valence-electron chi connectivity index (χ0n) is 15.9. The van der Waals surface area contributed by atoms with Gasteiger partial charge >= 0.3 is 6.03 Å². The van der Waals surface area contributed by atoms with Crippen LogP contribution in [0, 0.1) is 5.92 Å². The Morgan fingerprint density at radius 1 is 1.30 bits per heavy atom. The maximum Gasteiger partial charge on any atom is 0.417 e. The Kier molecular flexibility index (Phi) is 5.60. The Morgan fingerprint density at radius 3 is 2.56 bits per heavy atom. The maximum atomic E-state index is 13.2. The number of hydrogen-bond donors (Lipinski definition) is 3. The summed E-state index contributed by atoms with van der Waals surface area (Å²) in [6.07, 6.45) is 4.43. The number of carbonyl (C=O) groups is 2. The Hall–Kier alpha value is -2.67. The van der Waals surface area contributed by atoms with E-state index in [1.165, 1.54) is 0 Å². The van der Waals surface area contributed by atoms with Crippen LogP contribution < -0.4 is 11.1 Å². The van der Waals surface area contributed by atoms with E-state index < -0.39 is 11.9 Å². The molecule has 0 bridgehead atoms. The molecule has 0 saturated carbocycles. The minimum atomic E-state index is -0.681. The Morgan fingerprint density at radius 2 is 2.04 bits per heavy atom. The third-order valence-electron chi connectivity index (χ3n) is 5.41. The fourth-order valence-electron chi connectivity index (χ4n) is 4.21. The number of nitrogens with zero attached hydrogens (tertiary/aromatic N) is 2. The van der Waals surface area contributed by atoms with E-state index >= 15 is 0 Å². The average molecular weight is 370 g/mol. The highest BCUT2D eigenvalue weighted by atomic mass is 16.2. The lowest BCUT2D eigenvalue weighted by Gasteiger charge is -2.43. The second kappa shape index (κ2) is 7.92. The van der Waals surface area contributed by atoms with Gasteiger partial charge in [0.05, 0.1) is 25.0 Å².